The van der Waals surface area contributed by atoms with Gasteiger partial charge in [0, 0.05) is 30.4 Å². The van der Waals surface area contributed by atoms with Crippen molar-refractivity contribution in [3.8, 4) is 0 Å². The number of aryl methyl sites for hydroxylation is 1. The van der Waals surface area contributed by atoms with Crippen LogP contribution in [0.25, 0.3) is 0 Å². The average Bonchev–Trinajstić information content (AvgIpc) is 2.67. The highest BCUT2D eigenvalue weighted by atomic mass is 32.2. The number of hydrogen-bond acceptors (Lipinski definition) is 4. The minimum absolute atomic E-state index is 0.0167. The van der Waals surface area contributed by atoms with E-state index in [0.29, 0.717) is 39.3 Å². The van der Waals surface area contributed by atoms with E-state index < -0.39 is 15.8 Å². The number of halogens is 1. The molecule has 0 spiro atoms. The number of fused-ring (bicyclic) bond motifs is 1. The third-order valence-electron chi connectivity index (χ3n) is 5.33. The summed E-state index contributed by atoms with van der Waals surface area (Å²) in [5.41, 5.74) is 3.56. The molecular weight excluding hydrogens is 367 g/mol. The summed E-state index contributed by atoms with van der Waals surface area (Å²) in [7, 11) is -3.66. The van der Waals surface area contributed by atoms with Gasteiger partial charge in [0.15, 0.2) is 0 Å². The van der Waals surface area contributed by atoms with Crippen LogP contribution in [0.15, 0.2) is 47.4 Å². The van der Waals surface area contributed by atoms with E-state index in [2.05, 4.69) is 30.0 Å². The predicted octanol–water partition coefficient (Wildman–Crippen LogP) is 3.28. The van der Waals surface area contributed by atoms with E-state index in [4.69, 9.17) is 4.74 Å². The van der Waals surface area contributed by atoms with E-state index in [1.807, 2.05) is 0 Å². The highest BCUT2D eigenvalue weighted by molar-refractivity contribution is 7.89. The zero-order chi connectivity index (χ0) is 19.0. The summed E-state index contributed by atoms with van der Waals surface area (Å²) < 4.78 is 46.2. The molecule has 4 rings (SSSR count). The predicted molar refractivity (Wildman–Crippen MR) is 101 cm³/mol. The topological polar surface area (TPSA) is 49.9 Å². The average molecular weight is 390 g/mol. The molecule has 0 unspecified atom stereocenters. The maximum atomic E-state index is 13.4. The van der Waals surface area contributed by atoms with Crippen LogP contribution in [0.5, 0.6) is 0 Å². The molecule has 2 heterocycles. The van der Waals surface area contributed by atoms with Gasteiger partial charge in [-0.2, -0.15) is 4.31 Å². The lowest BCUT2D eigenvalue weighted by Gasteiger charge is -2.41. The zero-order valence-electron chi connectivity index (χ0n) is 15.3. The fourth-order valence-electron chi connectivity index (χ4n) is 3.91. The Morgan fingerprint density at radius 1 is 1.11 bits per heavy atom. The Bertz CT molecular complexity index is 940. The lowest BCUT2D eigenvalue weighted by atomic mass is 10.0. The molecule has 0 N–H and O–H groups in total. The summed E-state index contributed by atoms with van der Waals surface area (Å²) >= 11 is 0. The molecule has 0 amide bonds. The van der Waals surface area contributed by atoms with Gasteiger partial charge < -0.3 is 9.64 Å². The smallest absolute Gasteiger partial charge is 0.243 e. The summed E-state index contributed by atoms with van der Waals surface area (Å²) in [6, 6.07) is 11.8. The number of ether oxygens (including phenoxy) is 1. The van der Waals surface area contributed by atoms with Gasteiger partial charge in [0.2, 0.25) is 10.0 Å². The molecule has 0 bridgehead atoms. The van der Waals surface area contributed by atoms with Crippen molar-refractivity contribution < 1.29 is 17.5 Å². The SMILES string of the molecule is Cc1ccc2c(c1)COCN2C1CCN(S(=O)(=O)c2cccc(F)c2)CC1. The molecule has 5 nitrogen and oxygen atoms in total. The van der Waals surface area contributed by atoms with Gasteiger partial charge in [-0.05, 0) is 44.0 Å². The lowest BCUT2D eigenvalue weighted by Crippen LogP contribution is -2.48. The van der Waals surface area contributed by atoms with Crippen LogP contribution < -0.4 is 4.90 Å². The van der Waals surface area contributed by atoms with Crippen LogP contribution in [-0.2, 0) is 21.4 Å². The molecule has 0 aromatic heterocycles. The molecule has 27 heavy (non-hydrogen) atoms. The highest BCUT2D eigenvalue weighted by Crippen LogP contribution is 2.32. The van der Waals surface area contributed by atoms with Gasteiger partial charge in [0.05, 0.1) is 11.5 Å². The second-order valence-corrected chi connectivity index (χ2v) is 9.11. The maximum Gasteiger partial charge on any atom is 0.243 e. The van der Waals surface area contributed by atoms with Gasteiger partial charge in [-0.25, -0.2) is 12.8 Å². The number of rotatable bonds is 3. The van der Waals surface area contributed by atoms with Crippen molar-refractivity contribution in [1.82, 2.24) is 4.31 Å². The van der Waals surface area contributed by atoms with E-state index in [0.717, 1.165) is 6.07 Å². The largest absolute Gasteiger partial charge is 0.356 e. The Labute approximate surface area is 159 Å². The Kier molecular flexibility index (Phi) is 4.92. The Morgan fingerprint density at radius 3 is 2.63 bits per heavy atom. The van der Waals surface area contributed by atoms with Gasteiger partial charge in [-0.1, -0.05) is 23.8 Å². The van der Waals surface area contributed by atoms with Crippen molar-refractivity contribution in [2.45, 2.75) is 37.3 Å². The molecular formula is C20H23FN2O3S. The number of piperidine rings is 1. The van der Waals surface area contributed by atoms with E-state index in [-0.39, 0.29) is 10.9 Å². The molecule has 7 heteroatoms. The minimum Gasteiger partial charge on any atom is -0.356 e. The fourth-order valence-corrected chi connectivity index (χ4v) is 5.41. The van der Waals surface area contributed by atoms with Crippen LogP contribution in [0.1, 0.15) is 24.0 Å². The normalized spacial score (nSPS) is 19.1. The van der Waals surface area contributed by atoms with Gasteiger partial charge in [-0.15, -0.1) is 0 Å². The van der Waals surface area contributed by atoms with Gasteiger partial charge in [-0.3, -0.25) is 0 Å². The molecule has 0 saturated carbocycles. The van der Waals surface area contributed by atoms with Crippen molar-refractivity contribution in [3.63, 3.8) is 0 Å². The standard InChI is InChI=1S/C20H23FN2O3S/c1-15-5-6-20-16(11-15)13-26-14-23(20)18-7-9-22(10-8-18)27(24,25)19-4-2-3-17(21)12-19/h2-6,11-12,18H,7-10,13-14H2,1H3. The first-order valence-corrected chi connectivity index (χ1v) is 10.6. The van der Waals surface area contributed by atoms with Crippen molar-refractivity contribution in [2.75, 3.05) is 24.7 Å². The number of sulfonamides is 1. The first kappa shape index (κ1) is 18.4. The number of nitrogens with zero attached hydrogens (tertiary/aromatic N) is 2. The van der Waals surface area contributed by atoms with Crippen molar-refractivity contribution in [2.24, 2.45) is 0 Å². The minimum atomic E-state index is -3.66. The van der Waals surface area contributed by atoms with Crippen LogP contribution in [0.2, 0.25) is 0 Å². The van der Waals surface area contributed by atoms with E-state index in [9.17, 15) is 12.8 Å². The highest BCUT2D eigenvalue weighted by Gasteiger charge is 2.33. The van der Waals surface area contributed by atoms with E-state index >= 15 is 0 Å². The molecule has 2 aromatic rings. The molecule has 1 fully saturated rings. The maximum absolute atomic E-state index is 13.4. The number of hydrogen-bond donors (Lipinski definition) is 0. The summed E-state index contributed by atoms with van der Waals surface area (Å²) in [6.07, 6.45) is 1.43. The monoisotopic (exact) mass is 390 g/mol. The Morgan fingerprint density at radius 2 is 1.89 bits per heavy atom. The summed E-state index contributed by atoms with van der Waals surface area (Å²) in [4.78, 5) is 2.26. The van der Waals surface area contributed by atoms with Crippen LogP contribution in [-0.4, -0.2) is 38.6 Å². The quantitative estimate of drug-likeness (QED) is 0.807. The van der Waals surface area contributed by atoms with Crippen molar-refractivity contribution in [3.05, 3.63) is 59.4 Å². The fraction of sp³-hybridized carbons (Fsp3) is 0.400. The second-order valence-electron chi connectivity index (χ2n) is 7.17. The number of benzene rings is 2. The third-order valence-corrected chi connectivity index (χ3v) is 7.23. The first-order valence-electron chi connectivity index (χ1n) is 9.15. The van der Waals surface area contributed by atoms with E-state index in [1.165, 1.54) is 39.3 Å². The van der Waals surface area contributed by atoms with Crippen LogP contribution in [0, 0.1) is 12.7 Å². The van der Waals surface area contributed by atoms with Crippen molar-refractivity contribution >= 4 is 15.7 Å². The summed E-state index contributed by atoms with van der Waals surface area (Å²) in [5, 5.41) is 0. The molecule has 0 radical (unpaired) electrons. The number of anilines is 1. The molecule has 1 saturated heterocycles. The van der Waals surface area contributed by atoms with Crippen LogP contribution in [0.3, 0.4) is 0 Å². The molecule has 0 atom stereocenters. The van der Waals surface area contributed by atoms with Crippen molar-refractivity contribution in [1.29, 1.82) is 0 Å². The van der Waals surface area contributed by atoms with Gasteiger partial charge in [0.25, 0.3) is 0 Å². The summed E-state index contributed by atoms with van der Waals surface area (Å²) in [5.74, 6) is -0.539. The van der Waals surface area contributed by atoms with Gasteiger partial charge >= 0.3 is 0 Å². The lowest BCUT2D eigenvalue weighted by molar-refractivity contribution is 0.0987. The zero-order valence-corrected chi connectivity index (χ0v) is 16.1. The van der Waals surface area contributed by atoms with Crippen LogP contribution in [0.4, 0.5) is 10.1 Å². The van der Waals surface area contributed by atoms with Crippen LogP contribution >= 0.6 is 0 Å². The summed E-state index contributed by atoms with van der Waals surface area (Å²) in [6.45, 7) is 4.04. The molecule has 0 aliphatic carbocycles. The van der Waals surface area contributed by atoms with Gasteiger partial charge in [0.1, 0.15) is 12.5 Å². The molecule has 144 valence electrons. The third kappa shape index (κ3) is 3.59. The first-order chi connectivity index (χ1) is 12.9. The van der Waals surface area contributed by atoms with E-state index in [1.54, 1.807) is 0 Å². The molecule has 2 aliphatic heterocycles. The second kappa shape index (κ2) is 7.22. The molecule has 2 aliphatic rings. The Hall–Kier alpha value is -1.96. The molecule has 2 aromatic carbocycles. The Balaban J connectivity index is 1.49.